The molecule has 4 rings (SSSR count). The minimum Gasteiger partial charge on any atom is -0.497 e. The zero-order chi connectivity index (χ0) is 18.1. The number of aromatic nitrogens is 5. The average molecular weight is 352 g/mol. The Morgan fingerprint density at radius 1 is 1.31 bits per heavy atom. The monoisotopic (exact) mass is 352 g/mol. The van der Waals surface area contributed by atoms with E-state index in [1.165, 1.54) is 0 Å². The number of nitrogens with zero attached hydrogens (tertiary/aromatic N) is 5. The Hall–Kier alpha value is -3.49. The van der Waals surface area contributed by atoms with Crippen LogP contribution in [-0.4, -0.2) is 49.2 Å². The highest BCUT2D eigenvalue weighted by Crippen LogP contribution is 2.22. The van der Waals surface area contributed by atoms with Crippen LogP contribution in [0.15, 0.2) is 42.6 Å². The van der Waals surface area contributed by atoms with Crippen molar-refractivity contribution >= 4 is 23.1 Å². The number of ether oxygens (including phenoxy) is 1. The molecule has 0 aliphatic heterocycles. The van der Waals surface area contributed by atoms with Gasteiger partial charge in [-0.3, -0.25) is 4.79 Å². The first kappa shape index (κ1) is 16.0. The Kier molecular flexibility index (Phi) is 3.96. The summed E-state index contributed by atoms with van der Waals surface area (Å²) in [6, 6.07) is 7.26. The molecule has 9 nitrogen and oxygen atoms in total. The predicted octanol–water partition coefficient (Wildman–Crippen LogP) is 1.66. The van der Waals surface area contributed by atoms with Gasteiger partial charge in [0, 0.05) is 6.04 Å². The summed E-state index contributed by atoms with van der Waals surface area (Å²) in [5.41, 5.74) is 1.92. The molecule has 132 valence electrons. The molecule has 0 saturated heterocycles. The number of benzene rings is 1. The SMILES string of the molecule is COc1ccc(-n2nnc3cnc(N[C@@H]4C=C[C@H](C(=O)O)C4)nc32)cc1. The van der Waals surface area contributed by atoms with Crippen molar-refractivity contribution in [2.45, 2.75) is 12.5 Å². The van der Waals surface area contributed by atoms with Gasteiger partial charge in [-0.05, 0) is 30.7 Å². The van der Waals surface area contributed by atoms with Crippen LogP contribution in [0, 0.1) is 5.92 Å². The van der Waals surface area contributed by atoms with Crippen LogP contribution in [0.3, 0.4) is 0 Å². The number of carbonyl (C=O) groups is 1. The Morgan fingerprint density at radius 3 is 2.81 bits per heavy atom. The van der Waals surface area contributed by atoms with E-state index in [0.29, 0.717) is 23.5 Å². The number of fused-ring (bicyclic) bond motifs is 1. The van der Waals surface area contributed by atoms with E-state index in [2.05, 4.69) is 25.6 Å². The lowest BCUT2D eigenvalue weighted by molar-refractivity contribution is -0.140. The van der Waals surface area contributed by atoms with Gasteiger partial charge < -0.3 is 15.2 Å². The van der Waals surface area contributed by atoms with Crippen molar-refractivity contribution in [1.82, 2.24) is 25.0 Å². The number of nitrogens with one attached hydrogen (secondary N) is 1. The van der Waals surface area contributed by atoms with Crippen molar-refractivity contribution < 1.29 is 14.6 Å². The van der Waals surface area contributed by atoms with E-state index < -0.39 is 11.9 Å². The summed E-state index contributed by atoms with van der Waals surface area (Å²) in [6.07, 6.45) is 5.56. The zero-order valence-electron chi connectivity index (χ0n) is 13.9. The van der Waals surface area contributed by atoms with E-state index in [9.17, 15) is 4.79 Å². The van der Waals surface area contributed by atoms with E-state index in [-0.39, 0.29) is 6.04 Å². The highest BCUT2D eigenvalue weighted by atomic mass is 16.5. The maximum absolute atomic E-state index is 11.0. The van der Waals surface area contributed by atoms with Gasteiger partial charge in [0.1, 0.15) is 5.75 Å². The number of carboxylic acids is 1. The molecule has 1 aliphatic rings. The summed E-state index contributed by atoms with van der Waals surface area (Å²) < 4.78 is 6.78. The molecule has 26 heavy (non-hydrogen) atoms. The summed E-state index contributed by atoms with van der Waals surface area (Å²) in [5.74, 6) is -0.169. The van der Waals surface area contributed by atoms with Crippen molar-refractivity contribution in [3.63, 3.8) is 0 Å². The third-order valence-corrected chi connectivity index (χ3v) is 4.22. The maximum atomic E-state index is 11.0. The van der Waals surface area contributed by atoms with Gasteiger partial charge in [0.25, 0.3) is 0 Å². The average Bonchev–Trinajstić information content (AvgIpc) is 3.29. The van der Waals surface area contributed by atoms with Crippen molar-refractivity contribution in [1.29, 1.82) is 0 Å². The molecule has 9 heteroatoms. The molecular weight excluding hydrogens is 336 g/mol. The second kappa shape index (κ2) is 6.43. The second-order valence-electron chi connectivity index (χ2n) is 5.92. The number of aliphatic carboxylic acids is 1. The van der Waals surface area contributed by atoms with E-state index in [4.69, 9.17) is 9.84 Å². The summed E-state index contributed by atoms with van der Waals surface area (Å²) >= 11 is 0. The van der Waals surface area contributed by atoms with Crippen LogP contribution in [0.2, 0.25) is 0 Å². The molecule has 1 aromatic carbocycles. The van der Waals surface area contributed by atoms with Crippen molar-refractivity contribution in [3.8, 4) is 11.4 Å². The van der Waals surface area contributed by atoms with Crippen LogP contribution in [0.4, 0.5) is 5.95 Å². The molecule has 1 aliphatic carbocycles. The minimum atomic E-state index is -0.830. The van der Waals surface area contributed by atoms with E-state index in [1.807, 2.05) is 30.3 Å². The minimum absolute atomic E-state index is 0.126. The third kappa shape index (κ3) is 2.94. The summed E-state index contributed by atoms with van der Waals surface area (Å²) in [7, 11) is 1.61. The fourth-order valence-electron chi connectivity index (χ4n) is 2.85. The molecule has 0 saturated carbocycles. The molecule has 0 amide bonds. The van der Waals surface area contributed by atoms with Gasteiger partial charge in [-0.2, -0.15) is 9.67 Å². The number of rotatable bonds is 5. The van der Waals surface area contributed by atoms with E-state index >= 15 is 0 Å². The topological polar surface area (TPSA) is 115 Å². The summed E-state index contributed by atoms with van der Waals surface area (Å²) in [6.45, 7) is 0. The summed E-state index contributed by atoms with van der Waals surface area (Å²) in [5, 5.41) is 20.4. The zero-order valence-corrected chi connectivity index (χ0v) is 13.9. The third-order valence-electron chi connectivity index (χ3n) is 4.22. The first-order valence-corrected chi connectivity index (χ1v) is 8.04. The number of methoxy groups -OCH3 is 1. The molecule has 0 fully saturated rings. The van der Waals surface area contributed by atoms with Crippen molar-refractivity contribution in [2.75, 3.05) is 12.4 Å². The molecular formula is C17H16N6O3. The molecule has 2 heterocycles. The lowest BCUT2D eigenvalue weighted by Crippen LogP contribution is -2.20. The van der Waals surface area contributed by atoms with Crippen molar-refractivity contribution in [2.24, 2.45) is 5.92 Å². The summed E-state index contributed by atoms with van der Waals surface area (Å²) in [4.78, 5) is 19.8. The fraction of sp³-hybridized carbons (Fsp3) is 0.235. The van der Waals surface area contributed by atoms with Crippen LogP contribution in [-0.2, 0) is 4.79 Å². The van der Waals surface area contributed by atoms with Gasteiger partial charge in [0.2, 0.25) is 5.95 Å². The Bertz CT molecular complexity index is 982. The first-order chi connectivity index (χ1) is 12.6. The molecule has 0 unspecified atom stereocenters. The normalized spacial score (nSPS) is 19.0. The fourth-order valence-corrected chi connectivity index (χ4v) is 2.85. The molecule has 2 aromatic heterocycles. The van der Waals surface area contributed by atoms with Gasteiger partial charge in [-0.15, -0.1) is 5.10 Å². The highest BCUT2D eigenvalue weighted by molar-refractivity contribution is 5.74. The molecule has 3 aromatic rings. The van der Waals surface area contributed by atoms with Gasteiger partial charge in [0.15, 0.2) is 11.2 Å². The highest BCUT2D eigenvalue weighted by Gasteiger charge is 2.25. The number of carboxylic acid groups (broad SMARTS) is 1. The van der Waals surface area contributed by atoms with Gasteiger partial charge >= 0.3 is 5.97 Å². The Balaban J connectivity index is 1.60. The Labute approximate surface area is 148 Å². The van der Waals surface area contributed by atoms with Crippen LogP contribution in [0.5, 0.6) is 5.75 Å². The first-order valence-electron chi connectivity index (χ1n) is 8.04. The molecule has 0 radical (unpaired) electrons. The van der Waals surface area contributed by atoms with Crippen molar-refractivity contribution in [3.05, 3.63) is 42.6 Å². The van der Waals surface area contributed by atoms with E-state index in [0.717, 1.165) is 11.4 Å². The second-order valence-corrected chi connectivity index (χ2v) is 5.92. The molecule has 2 atom stereocenters. The quantitative estimate of drug-likeness (QED) is 0.666. The van der Waals surface area contributed by atoms with Gasteiger partial charge in [0.05, 0.1) is 24.9 Å². The smallest absolute Gasteiger partial charge is 0.310 e. The standard InChI is InChI=1S/C17H16N6O3/c1-26-13-6-4-12(5-7-13)23-15-14(21-22-23)9-18-17(20-15)19-11-3-2-10(8-11)16(24)25/h2-7,9-11H,8H2,1H3,(H,24,25)(H,18,19,20)/t10-,11+/m0/s1. The van der Waals surface area contributed by atoms with Gasteiger partial charge in [-0.1, -0.05) is 17.4 Å². The molecule has 2 N–H and O–H groups in total. The predicted molar refractivity (Wildman–Crippen MR) is 93.3 cm³/mol. The Morgan fingerprint density at radius 2 is 2.12 bits per heavy atom. The number of hydrogen-bond donors (Lipinski definition) is 2. The lowest BCUT2D eigenvalue weighted by Gasteiger charge is -2.11. The van der Waals surface area contributed by atoms with Crippen LogP contribution >= 0.6 is 0 Å². The lowest BCUT2D eigenvalue weighted by atomic mass is 10.1. The number of hydrogen-bond acceptors (Lipinski definition) is 7. The number of anilines is 1. The maximum Gasteiger partial charge on any atom is 0.310 e. The van der Waals surface area contributed by atoms with Crippen LogP contribution in [0.1, 0.15) is 6.42 Å². The molecule has 0 spiro atoms. The van der Waals surface area contributed by atoms with Crippen LogP contribution < -0.4 is 10.1 Å². The van der Waals surface area contributed by atoms with Gasteiger partial charge in [-0.25, -0.2) is 4.98 Å². The van der Waals surface area contributed by atoms with E-state index in [1.54, 1.807) is 24.1 Å². The van der Waals surface area contributed by atoms with Crippen LogP contribution in [0.25, 0.3) is 16.9 Å². The molecule has 0 bridgehead atoms. The largest absolute Gasteiger partial charge is 0.497 e.